The number of benzene rings is 1. The van der Waals surface area contributed by atoms with Crippen molar-refractivity contribution < 1.29 is 4.74 Å². The van der Waals surface area contributed by atoms with E-state index < -0.39 is 0 Å². The van der Waals surface area contributed by atoms with Crippen molar-refractivity contribution in [3.8, 4) is 5.75 Å². The number of para-hydroxylation sites is 1. The second-order valence-electron chi connectivity index (χ2n) is 5.03. The lowest BCUT2D eigenvalue weighted by atomic mass is 9.95. The van der Waals surface area contributed by atoms with Gasteiger partial charge in [0, 0.05) is 11.6 Å². The lowest BCUT2D eigenvalue weighted by Gasteiger charge is -2.41. The summed E-state index contributed by atoms with van der Waals surface area (Å²) in [6.07, 6.45) is 1.14. The predicted octanol–water partition coefficient (Wildman–Crippen LogP) is 2.57. The van der Waals surface area contributed by atoms with E-state index in [4.69, 9.17) is 10.5 Å². The Kier molecular flexibility index (Phi) is 4.25. The molecule has 0 saturated heterocycles. The zero-order valence-electron chi connectivity index (χ0n) is 11.6. The highest BCUT2D eigenvalue weighted by molar-refractivity contribution is 5.38. The standard InChI is InChI=1S/C15H24N2O/c1-4-11(3)17(5-2)13-10-18-14-9-7-6-8-12(14)15(13)16/h6-9,11,13,15H,4-5,10,16H2,1-3H3. The summed E-state index contributed by atoms with van der Waals surface area (Å²) in [6.45, 7) is 8.38. The van der Waals surface area contributed by atoms with Crippen LogP contribution in [0.15, 0.2) is 24.3 Å². The number of ether oxygens (including phenoxy) is 1. The third-order valence-electron chi connectivity index (χ3n) is 4.05. The lowest BCUT2D eigenvalue weighted by Crippen LogP contribution is -2.51. The highest BCUT2D eigenvalue weighted by Crippen LogP contribution is 2.33. The molecule has 18 heavy (non-hydrogen) atoms. The van der Waals surface area contributed by atoms with Gasteiger partial charge in [0.15, 0.2) is 0 Å². The van der Waals surface area contributed by atoms with E-state index in [9.17, 15) is 0 Å². The van der Waals surface area contributed by atoms with Gasteiger partial charge in [0.2, 0.25) is 0 Å². The van der Waals surface area contributed by atoms with E-state index in [1.165, 1.54) is 0 Å². The minimum absolute atomic E-state index is 0.0453. The molecule has 0 amide bonds. The molecule has 1 aromatic rings. The summed E-state index contributed by atoms with van der Waals surface area (Å²) < 4.78 is 5.86. The monoisotopic (exact) mass is 248 g/mol. The van der Waals surface area contributed by atoms with Gasteiger partial charge >= 0.3 is 0 Å². The molecule has 1 aliphatic heterocycles. The van der Waals surface area contributed by atoms with Crippen molar-refractivity contribution in [1.82, 2.24) is 4.90 Å². The second kappa shape index (κ2) is 5.72. The average molecular weight is 248 g/mol. The molecule has 2 N–H and O–H groups in total. The van der Waals surface area contributed by atoms with E-state index in [0.717, 1.165) is 24.3 Å². The zero-order valence-corrected chi connectivity index (χ0v) is 11.6. The first-order valence-corrected chi connectivity index (χ1v) is 6.92. The molecule has 3 unspecified atom stereocenters. The van der Waals surface area contributed by atoms with E-state index in [2.05, 4.69) is 31.7 Å². The van der Waals surface area contributed by atoms with Crippen LogP contribution in [-0.4, -0.2) is 30.1 Å². The summed E-state index contributed by atoms with van der Waals surface area (Å²) in [6, 6.07) is 8.98. The van der Waals surface area contributed by atoms with Crippen molar-refractivity contribution in [3.05, 3.63) is 29.8 Å². The van der Waals surface area contributed by atoms with Gasteiger partial charge in [0.1, 0.15) is 12.4 Å². The van der Waals surface area contributed by atoms with Gasteiger partial charge < -0.3 is 10.5 Å². The smallest absolute Gasteiger partial charge is 0.124 e. The number of likely N-dealkylation sites (N-methyl/N-ethyl adjacent to an activating group) is 1. The number of hydrogen-bond donors (Lipinski definition) is 1. The Balaban J connectivity index is 2.22. The average Bonchev–Trinajstić information content (AvgIpc) is 2.42. The minimum atomic E-state index is 0.0453. The summed E-state index contributed by atoms with van der Waals surface area (Å²) >= 11 is 0. The van der Waals surface area contributed by atoms with Crippen molar-refractivity contribution in [2.24, 2.45) is 5.73 Å². The molecule has 0 aromatic heterocycles. The number of rotatable bonds is 4. The Hall–Kier alpha value is -1.06. The molecule has 0 aliphatic carbocycles. The van der Waals surface area contributed by atoms with E-state index in [-0.39, 0.29) is 12.1 Å². The molecule has 1 aromatic carbocycles. The first-order chi connectivity index (χ1) is 8.69. The molecule has 3 atom stereocenters. The predicted molar refractivity (Wildman–Crippen MR) is 74.8 cm³/mol. The molecule has 0 fully saturated rings. The molecule has 3 heteroatoms. The first-order valence-electron chi connectivity index (χ1n) is 6.92. The normalized spacial score (nSPS) is 24.5. The van der Waals surface area contributed by atoms with E-state index >= 15 is 0 Å². The van der Waals surface area contributed by atoms with Gasteiger partial charge in [-0.05, 0) is 26.0 Å². The molecular weight excluding hydrogens is 224 g/mol. The minimum Gasteiger partial charge on any atom is -0.492 e. The van der Waals surface area contributed by atoms with Crippen LogP contribution in [0.1, 0.15) is 38.8 Å². The number of nitrogens with two attached hydrogens (primary N) is 1. The van der Waals surface area contributed by atoms with Crippen LogP contribution in [0.4, 0.5) is 0 Å². The third kappa shape index (κ3) is 2.38. The third-order valence-corrected chi connectivity index (χ3v) is 4.05. The Bertz CT molecular complexity index is 394. The maximum Gasteiger partial charge on any atom is 0.124 e. The van der Waals surface area contributed by atoms with Crippen LogP contribution in [-0.2, 0) is 0 Å². The van der Waals surface area contributed by atoms with Gasteiger partial charge in [-0.2, -0.15) is 0 Å². The van der Waals surface area contributed by atoms with Gasteiger partial charge in [-0.3, -0.25) is 4.90 Å². The first kappa shape index (κ1) is 13.4. The summed E-state index contributed by atoms with van der Waals surface area (Å²) in [5, 5.41) is 0. The molecule has 0 spiro atoms. The van der Waals surface area contributed by atoms with Gasteiger partial charge in [-0.1, -0.05) is 32.0 Å². The highest BCUT2D eigenvalue weighted by Gasteiger charge is 2.33. The fraction of sp³-hybridized carbons (Fsp3) is 0.600. The summed E-state index contributed by atoms with van der Waals surface area (Å²) in [7, 11) is 0. The van der Waals surface area contributed by atoms with Crippen LogP contribution in [0, 0.1) is 0 Å². The van der Waals surface area contributed by atoms with Gasteiger partial charge in [0.25, 0.3) is 0 Å². The molecule has 1 heterocycles. The maximum atomic E-state index is 6.44. The molecule has 100 valence electrons. The Labute approximate surface area is 110 Å². The summed E-state index contributed by atoms with van der Waals surface area (Å²) in [5.74, 6) is 0.946. The fourth-order valence-corrected chi connectivity index (χ4v) is 2.78. The van der Waals surface area contributed by atoms with Crippen LogP contribution in [0.5, 0.6) is 5.75 Å². The summed E-state index contributed by atoms with van der Waals surface area (Å²) in [5.41, 5.74) is 7.57. The van der Waals surface area contributed by atoms with Crippen LogP contribution in [0.25, 0.3) is 0 Å². The molecule has 0 radical (unpaired) electrons. The lowest BCUT2D eigenvalue weighted by molar-refractivity contribution is 0.0704. The van der Waals surface area contributed by atoms with E-state index in [0.29, 0.717) is 12.6 Å². The van der Waals surface area contributed by atoms with Crippen molar-refractivity contribution >= 4 is 0 Å². The highest BCUT2D eigenvalue weighted by atomic mass is 16.5. The van der Waals surface area contributed by atoms with E-state index in [1.54, 1.807) is 0 Å². The van der Waals surface area contributed by atoms with Crippen LogP contribution >= 0.6 is 0 Å². The Morgan fingerprint density at radius 2 is 2.11 bits per heavy atom. The molecule has 0 bridgehead atoms. The molecule has 1 aliphatic rings. The Morgan fingerprint density at radius 1 is 1.39 bits per heavy atom. The van der Waals surface area contributed by atoms with Gasteiger partial charge in [-0.15, -0.1) is 0 Å². The van der Waals surface area contributed by atoms with Crippen LogP contribution in [0.3, 0.4) is 0 Å². The number of fused-ring (bicyclic) bond motifs is 1. The zero-order chi connectivity index (χ0) is 13.1. The van der Waals surface area contributed by atoms with Crippen molar-refractivity contribution in [3.63, 3.8) is 0 Å². The van der Waals surface area contributed by atoms with Crippen molar-refractivity contribution in [1.29, 1.82) is 0 Å². The van der Waals surface area contributed by atoms with Crippen LogP contribution in [0.2, 0.25) is 0 Å². The molecule has 2 rings (SSSR count). The summed E-state index contributed by atoms with van der Waals surface area (Å²) in [4.78, 5) is 2.46. The number of hydrogen-bond acceptors (Lipinski definition) is 3. The number of nitrogens with zero attached hydrogens (tertiary/aromatic N) is 1. The Morgan fingerprint density at radius 3 is 2.78 bits per heavy atom. The maximum absolute atomic E-state index is 6.44. The molecular formula is C15H24N2O. The van der Waals surface area contributed by atoms with Crippen molar-refractivity contribution in [2.75, 3.05) is 13.2 Å². The molecule has 0 saturated carbocycles. The topological polar surface area (TPSA) is 38.5 Å². The van der Waals surface area contributed by atoms with Gasteiger partial charge in [-0.25, -0.2) is 0 Å². The van der Waals surface area contributed by atoms with E-state index in [1.807, 2.05) is 18.2 Å². The molecule has 3 nitrogen and oxygen atoms in total. The quantitative estimate of drug-likeness (QED) is 0.890. The van der Waals surface area contributed by atoms with Gasteiger partial charge in [0.05, 0.1) is 12.1 Å². The van der Waals surface area contributed by atoms with Crippen LogP contribution < -0.4 is 10.5 Å². The second-order valence-corrected chi connectivity index (χ2v) is 5.03. The SMILES string of the molecule is CCC(C)N(CC)C1COc2ccccc2C1N. The largest absolute Gasteiger partial charge is 0.492 e. The van der Waals surface area contributed by atoms with Crippen molar-refractivity contribution in [2.45, 2.75) is 45.3 Å². The fourth-order valence-electron chi connectivity index (χ4n) is 2.78.